The van der Waals surface area contributed by atoms with Crippen molar-refractivity contribution in [1.29, 1.82) is 0 Å². The van der Waals surface area contributed by atoms with Crippen molar-refractivity contribution in [2.75, 3.05) is 6.61 Å². The van der Waals surface area contributed by atoms with Crippen LogP contribution in [0.2, 0.25) is 0 Å². The predicted octanol–water partition coefficient (Wildman–Crippen LogP) is 1.99. The molecule has 0 spiro atoms. The molecule has 2 atom stereocenters. The number of hydrogen-bond donors (Lipinski definition) is 1. The van der Waals surface area contributed by atoms with Gasteiger partial charge in [0.05, 0.1) is 6.61 Å². The highest BCUT2D eigenvalue weighted by Crippen LogP contribution is 2.12. The van der Waals surface area contributed by atoms with Gasteiger partial charge in [-0.05, 0) is 6.92 Å². The Bertz CT molecular complexity index is 450. The van der Waals surface area contributed by atoms with E-state index in [0.717, 1.165) is 0 Å². The zero-order valence-corrected chi connectivity index (χ0v) is 11.1. The molecule has 0 aliphatic heterocycles. The first kappa shape index (κ1) is 15.1. The van der Waals surface area contributed by atoms with Gasteiger partial charge in [0.1, 0.15) is 6.10 Å². The summed E-state index contributed by atoms with van der Waals surface area (Å²) in [7, 11) is 0. The molecule has 0 radical (unpaired) electrons. The topological polar surface area (TPSA) is 63.6 Å². The van der Waals surface area contributed by atoms with Crippen LogP contribution in [-0.4, -0.2) is 29.6 Å². The molecule has 0 amide bonds. The molecule has 0 fully saturated rings. The molecule has 0 saturated carbocycles. The molecule has 0 heterocycles. The molecule has 1 N–H and O–H groups in total. The third kappa shape index (κ3) is 4.67. The fraction of sp³-hybridized carbons (Fsp3) is 0.333. The third-order valence-corrected chi connectivity index (χ3v) is 2.65. The second-order valence-electron chi connectivity index (χ2n) is 4.15. The average Bonchev–Trinajstić information content (AvgIpc) is 2.44. The Morgan fingerprint density at radius 2 is 1.95 bits per heavy atom. The largest absolute Gasteiger partial charge is 0.463 e. The summed E-state index contributed by atoms with van der Waals surface area (Å²) in [6, 6.07) is 8.56. The van der Waals surface area contributed by atoms with E-state index in [1.165, 1.54) is 12.2 Å². The first-order valence-corrected chi connectivity index (χ1v) is 6.18. The van der Waals surface area contributed by atoms with Gasteiger partial charge in [0.15, 0.2) is 5.78 Å². The van der Waals surface area contributed by atoms with E-state index in [-0.39, 0.29) is 5.78 Å². The van der Waals surface area contributed by atoms with Crippen LogP contribution in [-0.2, 0) is 9.53 Å². The van der Waals surface area contributed by atoms with Crippen LogP contribution < -0.4 is 0 Å². The lowest BCUT2D eigenvalue weighted by molar-refractivity contribution is -0.137. The van der Waals surface area contributed by atoms with Crippen molar-refractivity contribution in [3.05, 3.63) is 48.0 Å². The number of esters is 1. The molecule has 1 aromatic carbocycles. The maximum Gasteiger partial charge on any atom is 0.330 e. The number of ether oxygens (including phenoxy) is 1. The van der Waals surface area contributed by atoms with E-state index >= 15 is 0 Å². The van der Waals surface area contributed by atoms with Gasteiger partial charge in [0, 0.05) is 17.6 Å². The Balaban J connectivity index is 2.64. The van der Waals surface area contributed by atoms with Gasteiger partial charge in [0.2, 0.25) is 0 Å². The first-order valence-electron chi connectivity index (χ1n) is 6.18. The van der Waals surface area contributed by atoms with E-state index in [2.05, 4.69) is 0 Å². The quantitative estimate of drug-likeness (QED) is 0.484. The van der Waals surface area contributed by atoms with E-state index in [1.807, 2.05) is 0 Å². The number of ketones is 1. The van der Waals surface area contributed by atoms with Crippen LogP contribution in [0, 0.1) is 5.92 Å². The van der Waals surface area contributed by atoms with Crippen molar-refractivity contribution in [1.82, 2.24) is 0 Å². The number of aliphatic hydroxyl groups excluding tert-OH is 1. The number of rotatable bonds is 6. The van der Waals surface area contributed by atoms with Gasteiger partial charge in [-0.2, -0.15) is 0 Å². The summed E-state index contributed by atoms with van der Waals surface area (Å²) in [6.45, 7) is 3.67. The van der Waals surface area contributed by atoms with Crippen LogP contribution in [0.1, 0.15) is 24.2 Å². The van der Waals surface area contributed by atoms with E-state index < -0.39 is 18.0 Å². The maximum atomic E-state index is 12.0. The molecule has 1 aromatic rings. The predicted molar refractivity (Wildman–Crippen MR) is 71.7 cm³/mol. The van der Waals surface area contributed by atoms with Crippen molar-refractivity contribution >= 4 is 11.8 Å². The maximum absolute atomic E-state index is 12.0. The summed E-state index contributed by atoms with van der Waals surface area (Å²) in [5.41, 5.74) is 0.450. The SMILES string of the molecule is CCOC(=O)/C=C/[C@@H](C)[C@@H](O)C(=O)c1ccccc1. The molecule has 102 valence electrons. The van der Waals surface area contributed by atoms with Gasteiger partial charge >= 0.3 is 5.97 Å². The van der Waals surface area contributed by atoms with Gasteiger partial charge in [-0.3, -0.25) is 4.79 Å². The van der Waals surface area contributed by atoms with Crippen molar-refractivity contribution < 1.29 is 19.4 Å². The highest BCUT2D eigenvalue weighted by molar-refractivity contribution is 5.99. The number of carbonyl (C=O) groups excluding carboxylic acids is 2. The summed E-state index contributed by atoms with van der Waals surface area (Å²) in [6.07, 6.45) is 1.53. The van der Waals surface area contributed by atoms with Gasteiger partial charge in [-0.25, -0.2) is 4.79 Å². The Hall–Kier alpha value is -1.94. The Morgan fingerprint density at radius 3 is 2.53 bits per heavy atom. The van der Waals surface area contributed by atoms with E-state index in [1.54, 1.807) is 44.2 Å². The summed E-state index contributed by atoms with van der Waals surface area (Å²) in [5, 5.41) is 9.93. The highest BCUT2D eigenvalue weighted by Gasteiger charge is 2.21. The molecular weight excluding hydrogens is 244 g/mol. The van der Waals surface area contributed by atoms with Crippen molar-refractivity contribution in [2.45, 2.75) is 20.0 Å². The Labute approximate surface area is 112 Å². The molecule has 0 saturated heterocycles. The molecular formula is C15H18O4. The lowest BCUT2D eigenvalue weighted by Crippen LogP contribution is -2.26. The Morgan fingerprint density at radius 1 is 1.32 bits per heavy atom. The molecule has 0 aliphatic carbocycles. The zero-order chi connectivity index (χ0) is 14.3. The van der Waals surface area contributed by atoms with Gasteiger partial charge < -0.3 is 9.84 Å². The number of Topliss-reactive ketones (excluding diaryl/α,β-unsaturated/α-hetero) is 1. The third-order valence-electron chi connectivity index (χ3n) is 2.65. The minimum Gasteiger partial charge on any atom is -0.463 e. The van der Waals surface area contributed by atoms with Crippen LogP contribution in [0.3, 0.4) is 0 Å². The minimum atomic E-state index is -1.17. The number of benzene rings is 1. The lowest BCUT2D eigenvalue weighted by atomic mass is 9.96. The van der Waals surface area contributed by atoms with Crippen LogP contribution in [0.5, 0.6) is 0 Å². The fourth-order valence-electron chi connectivity index (χ4n) is 1.54. The molecule has 1 rings (SSSR count). The monoisotopic (exact) mass is 262 g/mol. The molecule has 0 bridgehead atoms. The van der Waals surface area contributed by atoms with Crippen molar-refractivity contribution in [3.63, 3.8) is 0 Å². The summed E-state index contributed by atoms with van der Waals surface area (Å²) >= 11 is 0. The van der Waals surface area contributed by atoms with Crippen LogP contribution >= 0.6 is 0 Å². The second-order valence-corrected chi connectivity index (χ2v) is 4.15. The van der Waals surface area contributed by atoms with Gasteiger partial charge in [-0.15, -0.1) is 0 Å². The molecule has 4 heteroatoms. The molecule has 19 heavy (non-hydrogen) atoms. The van der Waals surface area contributed by atoms with Gasteiger partial charge in [-0.1, -0.05) is 43.3 Å². The number of carbonyl (C=O) groups is 2. The lowest BCUT2D eigenvalue weighted by Gasteiger charge is -2.14. The number of hydrogen-bond acceptors (Lipinski definition) is 4. The minimum absolute atomic E-state index is 0.295. The normalized spacial score (nSPS) is 14.1. The summed E-state index contributed by atoms with van der Waals surface area (Å²) < 4.78 is 4.72. The molecule has 4 nitrogen and oxygen atoms in total. The first-order chi connectivity index (χ1) is 9.06. The second kappa shape index (κ2) is 7.48. The van der Waals surface area contributed by atoms with Crippen LogP contribution in [0.4, 0.5) is 0 Å². The van der Waals surface area contributed by atoms with E-state index in [9.17, 15) is 14.7 Å². The van der Waals surface area contributed by atoms with Crippen LogP contribution in [0.25, 0.3) is 0 Å². The summed E-state index contributed by atoms with van der Waals surface area (Å²) in [5.74, 6) is -1.30. The van der Waals surface area contributed by atoms with E-state index in [0.29, 0.717) is 12.2 Å². The van der Waals surface area contributed by atoms with Gasteiger partial charge in [0.25, 0.3) is 0 Å². The standard InChI is InChI=1S/C15H18O4/c1-3-19-13(16)10-9-11(2)14(17)15(18)12-7-5-4-6-8-12/h4-11,14,17H,3H2,1-2H3/b10-9+/t11-,14-/m1/s1. The van der Waals surface area contributed by atoms with Crippen LogP contribution in [0.15, 0.2) is 42.5 Å². The summed E-state index contributed by atoms with van der Waals surface area (Å²) in [4.78, 5) is 23.1. The van der Waals surface area contributed by atoms with Crippen molar-refractivity contribution in [3.8, 4) is 0 Å². The molecule has 0 aliphatic rings. The smallest absolute Gasteiger partial charge is 0.330 e. The molecule has 0 aromatic heterocycles. The van der Waals surface area contributed by atoms with Crippen molar-refractivity contribution in [2.24, 2.45) is 5.92 Å². The average molecular weight is 262 g/mol. The number of aliphatic hydroxyl groups is 1. The Kier molecular flexibility index (Phi) is 5.96. The highest BCUT2D eigenvalue weighted by atomic mass is 16.5. The molecule has 0 unspecified atom stereocenters. The van der Waals surface area contributed by atoms with E-state index in [4.69, 9.17) is 4.74 Å². The fourth-order valence-corrected chi connectivity index (χ4v) is 1.54. The zero-order valence-electron chi connectivity index (χ0n) is 11.1.